The third kappa shape index (κ3) is 9.99. The second kappa shape index (κ2) is 15.6. The van der Waals surface area contributed by atoms with Crippen molar-refractivity contribution in [3.63, 3.8) is 0 Å². The van der Waals surface area contributed by atoms with Crippen LogP contribution in [0.5, 0.6) is 0 Å². The van der Waals surface area contributed by atoms with E-state index in [1.165, 1.54) is 25.7 Å². The Hall–Kier alpha value is -0.240. The lowest BCUT2D eigenvalue weighted by Crippen LogP contribution is -2.30. The van der Waals surface area contributed by atoms with E-state index in [4.69, 9.17) is 28.4 Å². The normalized spacial score (nSPS) is 26.4. The molecular formula is C22H42O6. The summed E-state index contributed by atoms with van der Waals surface area (Å²) in [4.78, 5) is 0. The first-order valence-electron chi connectivity index (χ1n) is 11.4. The first-order chi connectivity index (χ1) is 13.9. The van der Waals surface area contributed by atoms with Crippen LogP contribution in [0.3, 0.4) is 0 Å². The molecule has 1 saturated heterocycles. The molecule has 2 rings (SSSR count). The van der Waals surface area contributed by atoms with Gasteiger partial charge in [0.1, 0.15) is 0 Å². The van der Waals surface area contributed by atoms with Crippen LogP contribution in [0.1, 0.15) is 52.4 Å². The maximum absolute atomic E-state index is 5.94. The summed E-state index contributed by atoms with van der Waals surface area (Å²) in [6.07, 6.45) is 7.94. The highest BCUT2D eigenvalue weighted by Gasteiger charge is 2.52. The number of hydrogen-bond acceptors (Lipinski definition) is 6. The zero-order valence-electron chi connectivity index (χ0n) is 18.1. The fourth-order valence-corrected chi connectivity index (χ4v) is 3.87. The Kier molecular flexibility index (Phi) is 13.4. The highest BCUT2D eigenvalue weighted by Crippen LogP contribution is 2.44. The van der Waals surface area contributed by atoms with E-state index in [0.717, 1.165) is 52.5 Å². The molecule has 4 atom stereocenters. The topological polar surface area (TPSA) is 58.7 Å². The highest BCUT2D eigenvalue weighted by atomic mass is 16.6. The quantitative estimate of drug-likeness (QED) is 0.244. The molecule has 1 saturated carbocycles. The lowest BCUT2D eigenvalue weighted by molar-refractivity contribution is 0.00410. The average molecular weight is 403 g/mol. The zero-order valence-corrected chi connectivity index (χ0v) is 18.1. The smallest absolute Gasteiger partial charge is 0.0895 e. The minimum atomic E-state index is 0.389. The van der Waals surface area contributed by atoms with Crippen molar-refractivity contribution < 1.29 is 28.4 Å². The molecule has 1 aliphatic heterocycles. The SMILES string of the molecule is CCOCCCCCCOCC1CCC(COCCOCCOCC)C2OC12. The molecule has 2 aliphatic rings. The van der Waals surface area contributed by atoms with Gasteiger partial charge in [-0.05, 0) is 39.5 Å². The molecule has 0 amide bonds. The molecule has 0 spiro atoms. The second-order valence-corrected chi connectivity index (χ2v) is 7.73. The molecule has 4 unspecified atom stereocenters. The minimum Gasteiger partial charge on any atom is -0.382 e. The molecule has 6 nitrogen and oxygen atoms in total. The summed E-state index contributed by atoms with van der Waals surface area (Å²) in [5.74, 6) is 1.11. The van der Waals surface area contributed by atoms with E-state index in [9.17, 15) is 0 Å². The predicted octanol–water partition coefficient (Wildman–Crippen LogP) is 3.46. The summed E-state index contributed by atoms with van der Waals surface area (Å²) in [7, 11) is 0. The van der Waals surface area contributed by atoms with E-state index in [-0.39, 0.29) is 0 Å². The van der Waals surface area contributed by atoms with E-state index in [1.54, 1.807) is 0 Å². The van der Waals surface area contributed by atoms with Gasteiger partial charge in [0.05, 0.1) is 51.8 Å². The van der Waals surface area contributed by atoms with E-state index in [2.05, 4.69) is 0 Å². The zero-order chi connectivity index (χ0) is 19.9. The molecule has 0 aromatic heterocycles. The van der Waals surface area contributed by atoms with Gasteiger partial charge >= 0.3 is 0 Å². The number of epoxide rings is 1. The van der Waals surface area contributed by atoms with Crippen LogP contribution in [-0.2, 0) is 28.4 Å². The molecule has 28 heavy (non-hydrogen) atoms. The van der Waals surface area contributed by atoms with Gasteiger partial charge in [-0.3, -0.25) is 0 Å². The number of fused-ring (bicyclic) bond motifs is 1. The van der Waals surface area contributed by atoms with Crippen molar-refractivity contribution in [3.05, 3.63) is 0 Å². The van der Waals surface area contributed by atoms with E-state index >= 15 is 0 Å². The molecule has 2 fully saturated rings. The molecule has 0 bridgehead atoms. The molecule has 1 aliphatic carbocycles. The Balaban J connectivity index is 1.39. The van der Waals surface area contributed by atoms with E-state index in [1.807, 2.05) is 13.8 Å². The second-order valence-electron chi connectivity index (χ2n) is 7.73. The maximum Gasteiger partial charge on any atom is 0.0895 e. The minimum absolute atomic E-state index is 0.389. The molecule has 0 aromatic rings. The van der Waals surface area contributed by atoms with Crippen LogP contribution in [-0.4, -0.2) is 78.3 Å². The van der Waals surface area contributed by atoms with Crippen molar-refractivity contribution in [1.82, 2.24) is 0 Å². The summed E-state index contributed by atoms with van der Waals surface area (Å²) in [6.45, 7) is 11.6. The van der Waals surface area contributed by atoms with Gasteiger partial charge in [-0.1, -0.05) is 12.8 Å². The van der Waals surface area contributed by atoms with Gasteiger partial charge in [-0.25, -0.2) is 0 Å². The van der Waals surface area contributed by atoms with Crippen molar-refractivity contribution >= 4 is 0 Å². The standard InChI is InChI=1S/C22H42O6/c1-3-23-11-7-5-6-8-12-26-17-19-9-10-20(22-21(19)28-22)18-27-16-15-25-14-13-24-4-2/h19-22H,3-18H2,1-2H3. The van der Waals surface area contributed by atoms with Gasteiger partial charge < -0.3 is 28.4 Å². The van der Waals surface area contributed by atoms with Crippen LogP contribution < -0.4 is 0 Å². The Morgan fingerprint density at radius 2 is 1.04 bits per heavy atom. The molecule has 0 aromatic carbocycles. The van der Waals surface area contributed by atoms with Gasteiger partial charge in [-0.2, -0.15) is 0 Å². The lowest BCUT2D eigenvalue weighted by Gasteiger charge is -2.24. The fourth-order valence-electron chi connectivity index (χ4n) is 3.87. The summed E-state index contributed by atoms with van der Waals surface area (Å²) < 4.78 is 33.7. The van der Waals surface area contributed by atoms with Crippen LogP contribution in [0.25, 0.3) is 0 Å². The van der Waals surface area contributed by atoms with Crippen LogP contribution >= 0.6 is 0 Å². The highest BCUT2D eigenvalue weighted by molar-refractivity contribution is 4.99. The largest absolute Gasteiger partial charge is 0.382 e. The first-order valence-corrected chi connectivity index (χ1v) is 11.4. The molecule has 166 valence electrons. The number of ether oxygens (including phenoxy) is 6. The first kappa shape index (κ1) is 24.0. The Morgan fingerprint density at radius 1 is 0.571 bits per heavy atom. The summed E-state index contributed by atoms with van der Waals surface area (Å²) in [6, 6.07) is 0. The van der Waals surface area contributed by atoms with Gasteiger partial charge in [0, 0.05) is 38.3 Å². The Labute approximate surface area is 171 Å². The monoisotopic (exact) mass is 402 g/mol. The summed E-state index contributed by atoms with van der Waals surface area (Å²) >= 11 is 0. The van der Waals surface area contributed by atoms with Crippen molar-refractivity contribution in [1.29, 1.82) is 0 Å². The Morgan fingerprint density at radius 3 is 1.64 bits per heavy atom. The maximum atomic E-state index is 5.94. The summed E-state index contributed by atoms with van der Waals surface area (Å²) in [5.41, 5.74) is 0. The fraction of sp³-hybridized carbons (Fsp3) is 1.00. The van der Waals surface area contributed by atoms with Crippen molar-refractivity contribution in [2.45, 2.75) is 64.6 Å². The van der Waals surface area contributed by atoms with Crippen LogP contribution in [0, 0.1) is 11.8 Å². The van der Waals surface area contributed by atoms with Gasteiger partial charge in [0.2, 0.25) is 0 Å². The third-order valence-electron chi connectivity index (χ3n) is 5.54. The van der Waals surface area contributed by atoms with Crippen molar-refractivity contribution in [3.8, 4) is 0 Å². The third-order valence-corrected chi connectivity index (χ3v) is 5.54. The van der Waals surface area contributed by atoms with E-state index in [0.29, 0.717) is 50.5 Å². The van der Waals surface area contributed by atoms with Crippen molar-refractivity contribution in [2.24, 2.45) is 11.8 Å². The van der Waals surface area contributed by atoms with Gasteiger partial charge in [-0.15, -0.1) is 0 Å². The predicted molar refractivity (Wildman–Crippen MR) is 109 cm³/mol. The molecule has 1 heterocycles. The van der Waals surface area contributed by atoms with Crippen LogP contribution in [0.15, 0.2) is 0 Å². The number of unbranched alkanes of at least 4 members (excludes halogenated alkanes) is 3. The van der Waals surface area contributed by atoms with Gasteiger partial charge in [0.25, 0.3) is 0 Å². The average Bonchev–Trinajstić information content (AvgIpc) is 3.51. The number of rotatable bonds is 19. The lowest BCUT2D eigenvalue weighted by atomic mass is 9.83. The van der Waals surface area contributed by atoms with Crippen LogP contribution in [0.4, 0.5) is 0 Å². The molecule has 0 radical (unpaired) electrons. The number of hydrogen-bond donors (Lipinski definition) is 0. The van der Waals surface area contributed by atoms with Gasteiger partial charge in [0.15, 0.2) is 0 Å². The Bertz CT molecular complexity index is 367. The van der Waals surface area contributed by atoms with E-state index < -0.39 is 0 Å². The molecule has 0 N–H and O–H groups in total. The molecular weight excluding hydrogens is 360 g/mol. The van der Waals surface area contributed by atoms with Crippen molar-refractivity contribution in [2.75, 3.05) is 66.1 Å². The molecule has 6 heteroatoms. The van der Waals surface area contributed by atoms with Crippen LogP contribution in [0.2, 0.25) is 0 Å². The summed E-state index contributed by atoms with van der Waals surface area (Å²) in [5, 5.41) is 0.